The fourth-order valence-electron chi connectivity index (χ4n) is 1.55. The number of nitrogens with two attached hydrogens (primary N) is 1. The molecule has 0 spiro atoms. The van der Waals surface area contributed by atoms with Crippen LogP contribution in [0.4, 0.5) is 0 Å². The fraction of sp³-hybridized carbons (Fsp3) is 0.444. The molecule has 0 bridgehead atoms. The molecule has 14 heavy (non-hydrogen) atoms. The summed E-state index contributed by atoms with van der Waals surface area (Å²) < 4.78 is 0.967. The molecule has 1 aromatic heterocycles. The SMILES string of the molecule is N[C@@H]1CCN(C(=O)c2cc(Br)cs2)C1. The van der Waals surface area contributed by atoms with E-state index in [-0.39, 0.29) is 11.9 Å². The van der Waals surface area contributed by atoms with Crippen molar-refractivity contribution in [3.05, 3.63) is 20.8 Å². The van der Waals surface area contributed by atoms with Gasteiger partial charge in [-0.2, -0.15) is 0 Å². The van der Waals surface area contributed by atoms with E-state index in [4.69, 9.17) is 5.73 Å². The third-order valence-corrected chi connectivity index (χ3v) is 3.97. The Balaban J connectivity index is 2.09. The van der Waals surface area contributed by atoms with E-state index in [2.05, 4.69) is 15.9 Å². The molecule has 0 saturated carbocycles. The van der Waals surface area contributed by atoms with Crippen molar-refractivity contribution in [2.24, 2.45) is 5.73 Å². The van der Waals surface area contributed by atoms with Crippen molar-refractivity contribution in [2.45, 2.75) is 12.5 Å². The van der Waals surface area contributed by atoms with Crippen molar-refractivity contribution in [1.82, 2.24) is 4.90 Å². The van der Waals surface area contributed by atoms with Gasteiger partial charge in [0.05, 0.1) is 4.88 Å². The average Bonchev–Trinajstić information content (AvgIpc) is 2.73. The summed E-state index contributed by atoms with van der Waals surface area (Å²) >= 11 is 4.80. The molecule has 1 aromatic rings. The molecule has 2 heterocycles. The van der Waals surface area contributed by atoms with E-state index in [1.54, 1.807) is 0 Å². The summed E-state index contributed by atoms with van der Waals surface area (Å²) in [6.45, 7) is 1.48. The second kappa shape index (κ2) is 4.00. The lowest BCUT2D eigenvalue weighted by Gasteiger charge is -2.13. The summed E-state index contributed by atoms with van der Waals surface area (Å²) in [5, 5.41) is 1.92. The normalized spacial score (nSPS) is 21.6. The Labute approximate surface area is 95.0 Å². The highest BCUT2D eigenvalue weighted by Crippen LogP contribution is 2.22. The highest BCUT2D eigenvalue weighted by molar-refractivity contribution is 9.10. The number of likely N-dealkylation sites (tertiary alicyclic amines) is 1. The maximum atomic E-state index is 11.9. The van der Waals surface area contributed by atoms with E-state index in [1.807, 2.05) is 16.3 Å². The zero-order chi connectivity index (χ0) is 10.1. The van der Waals surface area contributed by atoms with Crippen molar-refractivity contribution < 1.29 is 4.79 Å². The number of hydrogen-bond acceptors (Lipinski definition) is 3. The maximum absolute atomic E-state index is 11.9. The van der Waals surface area contributed by atoms with Crippen LogP contribution in [-0.4, -0.2) is 29.9 Å². The number of hydrogen-bond donors (Lipinski definition) is 1. The van der Waals surface area contributed by atoms with Crippen LogP contribution in [-0.2, 0) is 0 Å². The number of carbonyl (C=O) groups is 1. The van der Waals surface area contributed by atoms with Crippen LogP contribution >= 0.6 is 27.3 Å². The molecule has 0 aromatic carbocycles. The highest BCUT2D eigenvalue weighted by atomic mass is 79.9. The van der Waals surface area contributed by atoms with E-state index in [0.29, 0.717) is 6.54 Å². The number of nitrogens with zero attached hydrogens (tertiary/aromatic N) is 1. The minimum Gasteiger partial charge on any atom is -0.336 e. The topological polar surface area (TPSA) is 46.3 Å². The van der Waals surface area contributed by atoms with Crippen molar-refractivity contribution in [1.29, 1.82) is 0 Å². The van der Waals surface area contributed by atoms with Crippen molar-refractivity contribution in [3.8, 4) is 0 Å². The van der Waals surface area contributed by atoms with E-state index in [9.17, 15) is 4.79 Å². The van der Waals surface area contributed by atoms with Crippen molar-refractivity contribution in [2.75, 3.05) is 13.1 Å². The zero-order valence-corrected chi connectivity index (χ0v) is 9.97. The van der Waals surface area contributed by atoms with Gasteiger partial charge in [0.2, 0.25) is 0 Å². The summed E-state index contributed by atoms with van der Waals surface area (Å²) in [6, 6.07) is 2.01. The smallest absolute Gasteiger partial charge is 0.264 e. The summed E-state index contributed by atoms with van der Waals surface area (Å²) in [5.74, 6) is 0.105. The second-order valence-electron chi connectivity index (χ2n) is 3.43. The number of carbonyl (C=O) groups excluding carboxylic acids is 1. The molecule has 1 atom stereocenters. The van der Waals surface area contributed by atoms with Gasteiger partial charge in [-0.1, -0.05) is 0 Å². The van der Waals surface area contributed by atoms with Crippen LogP contribution in [0.2, 0.25) is 0 Å². The average molecular weight is 275 g/mol. The predicted molar refractivity (Wildman–Crippen MR) is 60.5 cm³/mol. The molecule has 1 aliphatic rings. The Bertz CT molecular complexity index is 352. The van der Waals surface area contributed by atoms with E-state index < -0.39 is 0 Å². The fourth-order valence-corrected chi connectivity index (χ4v) is 2.95. The number of rotatable bonds is 1. The third-order valence-electron chi connectivity index (χ3n) is 2.29. The summed E-state index contributed by atoms with van der Waals surface area (Å²) in [7, 11) is 0. The first-order valence-corrected chi connectivity index (χ1v) is 6.13. The van der Waals surface area contributed by atoms with Gasteiger partial charge in [0.25, 0.3) is 5.91 Å². The quantitative estimate of drug-likeness (QED) is 0.847. The van der Waals surface area contributed by atoms with Gasteiger partial charge < -0.3 is 10.6 Å². The number of thiophene rings is 1. The van der Waals surface area contributed by atoms with Crippen LogP contribution in [0.25, 0.3) is 0 Å². The number of halogens is 1. The minimum atomic E-state index is 0.105. The number of amides is 1. The van der Waals surface area contributed by atoms with Gasteiger partial charge in [-0.25, -0.2) is 0 Å². The Kier molecular flexibility index (Phi) is 2.90. The van der Waals surface area contributed by atoms with Gasteiger partial charge >= 0.3 is 0 Å². The van der Waals surface area contributed by atoms with Crippen LogP contribution < -0.4 is 5.73 Å². The minimum absolute atomic E-state index is 0.105. The van der Waals surface area contributed by atoms with E-state index >= 15 is 0 Å². The molecule has 76 valence electrons. The maximum Gasteiger partial charge on any atom is 0.264 e. The molecule has 3 nitrogen and oxygen atoms in total. The molecule has 0 aliphatic carbocycles. The van der Waals surface area contributed by atoms with Crippen LogP contribution in [0.15, 0.2) is 15.9 Å². The molecule has 2 N–H and O–H groups in total. The first-order valence-electron chi connectivity index (χ1n) is 4.45. The van der Waals surface area contributed by atoms with Crippen LogP contribution in [0.5, 0.6) is 0 Å². The zero-order valence-electron chi connectivity index (χ0n) is 7.57. The van der Waals surface area contributed by atoms with Gasteiger partial charge in [-0.15, -0.1) is 11.3 Å². The molecule has 1 fully saturated rings. The molecule has 1 saturated heterocycles. The Morgan fingerprint density at radius 3 is 3.00 bits per heavy atom. The summed E-state index contributed by atoms with van der Waals surface area (Å²) in [5.41, 5.74) is 5.75. The third kappa shape index (κ3) is 1.99. The highest BCUT2D eigenvalue weighted by Gasteiger charge is 2.25. The molecular weight excluding hydrogens is 264 g/mol. The molecule has 1 aliphatic heterocycles. The Hall–Kier alpha value is -0.390. The van der Waals surface area contributed by atoms with Gasteiger partial charge in [0.1, 0.15) is 0 Å². The Morgan fingerprint density at radius 1 is 1.71 bits per heavy atom. The monoisotopic (exact) mass is 274 g/mol. The predicted octanol–water partition coefficient (Wildman–Crippen LogP) is 1.68. The lowest BCUT2D eigenvalue weighted by atomic mass is 10.3. The van der Waals surface area contributed by atoms with Gasteiger partial charge in [0.15, 0.2) is 0 Å². The Morgan fingerprint density at radius 2 is 2.50 bits per heavy atom. The van der Waals surface area contributed by atoms with Crippen LogP contribution in [0.1, 0.15) is 16.1 Å². The molecule has 5 heteroatoms. The van der Waals surface area contributed by atoms with Crippen molar-refractivity contribution >= 4 is 33.2 Å². The van der Waals surface area contributed by atoms with Gasteiger partial charge in [0, 0.05) is 29.0 Å². The standard InChI is InChI=1S/C9H11BrN2OS/c10-6-3-8(14-5-6)9(13)12-2-1-7(11)4-12/h3,5,7H,1-2,4,11H2/t7-/m1/s1. The first kappa shape index (κ1) is 10.1. The molecule has 0 unspecified atom stereocenters. The van der Waals surface area contributed by atoms with Gasteiger partial charge in [-0.05, 0) is 28.4 Å². The molecule has 0 radical (unpaired) electrons. The van der Waals surface area contributed by atoms with E-state index in [1.165, 1.54) is 11.3 Å². The lowest BCUT2D eigenvalue weighted by Crippen LogP contribution is -2.31. The molecular formula is C9H11BrN2OS. The van der Waals surface area contributed by atoms with Crippen LogP contribution in [0.3, 0.4) is 0 Å². The lowest BCUT2D eigenvalue weighted by molar-refractivity contribution is 0.0795. The second-order valence-corrected chi connectivity index (χ2v) is 5.26. The summed E-state index contributed by atoms with van der Waals surface area (Å²) in [4.78, 5) is 14.5. The van der Waals surface area contributed by atoms with Crippen molar-refractivity contribution in [3.63, 3.8) is 0 Å². The first-order chi connectivity index (χ1) is 6.66. The van der Waals surface area contributed by atoms with E-state index in [0.717, 1.165) is 22.3 Å². The summed E-state index contributed by atoms with van der Waals surface area (Å²) in [6.07, 6.45) is 0.915. The van der Waals surface area contributed by atoms with Crippen LogP contribution in [0, 0.1) is 0 Å². The largest absolute Gasteiger partial charge is 0.336 e. The van der Waals surface area contributed by atoms with Gasteiger partial charge in [-0.3, -0.25) is 4.79 Å². The molecule has 2 rings (SSSR count). The molecule has 1 amide bonds.